The smallest absolute Gasteiger partial charge is 0.253 e. The molecule has 4 rings (SSSR count). The van der Waals surface area contributed by atoms with Crippen LogP contribution in [0.15, 0.2) is 54.6 Å². The van der Waals surface area contributed by atoms with Crippen molar-refractivity contribution in [3.8, 4) is 0 Å². The van der Waals surface area contributed by atoms with E-state index >= 15 is 0 Å². The van der Waals surface area contributed by atoms with E-state index in [9.17, 15) is 9.59 Å². The summed E-state index contributed by atoms with van der Waals surface area (Å²) in [5, 5.41) is 2.96. The van der Waals surface area contributed by atoms with Crippen LogP contribution in [0.2, 0.25) is 0 Å². The van der Waals surface area contributed by atoms with Crippen LogP contribution >= 0.6 is 0 Å². The van der Waals surface area contributed by atoms with Crippen molar-refractivity contribution >= 4 is 17.5 Å². The van der Waals surface area contributed by atoms with Crippen LogP contribution in [0.1, 0.15) is 42.1 Å². The fraction of sp³-hybridized carbons (Fsp3) is 0.417. The molecule has 0 aromatic heterocycles. The number of carbonyl (C=O) groups excluding carboxylic acids is 2. The summed E-state index contributed by atoms with van der Waals surface area (Å²) in [7, 11) is 0. The number of benzene rings is 2. The SMILES string of the molecule is CC1CC1C(=O)Nc1cccc(C(=O)N2CCC(Cc3ccccc3)CC2)c1. The highest BCUT2D eigenvalue weighted by Gasteiger charge is 2.39. The number of amides is 2. The Kier molecular flexibility index (Phi) is 5.47. The van der Waals surface area contributed by atoms with Crippen molar-refractivity contribution in [1.82, 2.24) is 4.90 Å². The first-order valence-electron chi connectivity index (χ1n) is 10.3. The largest absolute Gasteiger partial charge is 0.339 e. The van der Waals surface area contributed by atoms with Crippen LogP contribution in [-0.2, 0) is 11.2 Å². The van der Waals surface area contributed by atoms with Crippen LogP contribution in [0.3, 0.4) is 0 Å². The molecule has 1 saturated heterocycles. The summed E-state index contributed by atoms with van der Waals surface area (Å²) < 4.78 is 0. The Bertz CT molecular complexity index is 841. The first-order chi connectivity index (χ1) is 13.6. The van der Waals surface area contributed by atoms with Crippen LogP contribution in [0.25, 0.3) is 0 Å². The first-order valence-corrected chi connectivity index (χ1v) is 10.3. The van der Waals surface area contributed by atoms with Crippen molar-refractivity contribution in [1.29, 1.82) is 0 Å². The number of hydrogen-bond donors (Lipinski definition) is 1. The minimum Gasteiger partial charge on any atom is -0.339 e. The summed E-state index contributed by atoms with van der Waals surface area (Å²) in [6.07, 6.45) is 4.12. The third kappa shape index (κ3) is 4.44. The Morgan fingerprint density at radius 1 is 1.04 bits per heavy atom. The van der Waals surface area contributed by atoms with E-state index in [1.165, 1.54) is 5.56 Å². The number of likely N-dealkylation sites (tertiary alicyclic amines) is 1. The summed E-state index contributed by atoms with van der Waals surface area (Å²) in [5.74, 6) is 1.37. The van der Waals surface area contributed by atoms with Crippen molar-refractivity contribution in [2.45, 2.75) is 32.6 Å². The Hall–Kier alpha value is -2.62. The molecule has 1 aliphatic heterocycles. The molecule has 1 heterocycles. The van der Waals surface area contributed by atoms with Crippen molar-refractivity contribution < 1.29 is 9.59 Å². The van der Waals surface area contributed by atoms with Crippen molar-refractivity contribution in [3.05, 3.63) is 65.7 Å². The lowest BCUT2D eigenvalue weighted by Crippen LogP contribution is -2.38. The van der Waals surface area contributed by atoms with Gasteiger partial charge in [0.15, 0.2) is 0 Å². The molecule has 1 aliphatic carbocycles. The van der Waals surface area contributed by atoms with E-state index in [-0.39, 0.29) is 17.7 Å². The van der Waals surface area contributed by atoms with Crippen LogP contribution in [-0.4, -0.2) is 29.8 Å². The summed E-state index contributed by atoms with van der Waals surface area (Å²) >= 11 is 0. The Morgan fingerprint density at radius 2 is 1.75 bits per heavy atom. The maximum Gasteiger partial charge on any atom is 0.253 e. The second-order valence-corrected chi connectivity index (χ2v) is 8.31. The zero-order valence-electron chi connectivity index (χ0n) is 16.4. The van der Waals surface area contributed by atoms with E-state index in [0.29, 0.717) is 23.1 Å². The van der Waals surface area contributed by atoms with Gasteiger partial charge in [0.05, 0.1) is 0 Å². The van der Waals surface area contributed by atoms with Crippen molar-refractivity contribution in [2.24, 2.45) is 17.8 Å². The average Bonchev–Trinajstić information content (AvgIpc) is 3.46. The van der Waals surface area contributed by atoms with Gasteiger partial charge < -0.3 is 10.2 Å². The van der Waals surface area contributed by atoms with E-state index in [2.05, 4.69) is 36.5 Å². The molecule has 1 N–H and O–H groups in total. The molecule has 146 valence electrons. The molecular formula is C24H28N2O2. The lowest BCUT2D eigenvalue weighted by molar-refractivity contribution is -0.117. The number of carbonyl (C=O) groups is 2. The van der Waals surface area contributed by atoms with Gasteiger partial charge in [0.1, 0.15) is 0 Å². The molecule has 2 aliphatic rings. The molecule has 4 heteroatoms. The van der Waals surface area contributed by atoms with Crippen molar-refractivity contribution in [3.63, 3.8) is 0 Å². The van der Waals surface area contributed by atoms with E-state index in [4.69, 9.17) is 0 Å². The van der Waals surface area contributed by atoms with Crippen molar-refractivity contribution in [2.75, 3.05) is 18.4 Å². The monoisotopic (exact) mass is 376 g/mol. The molecule has 2 fully saturated rings. The Labute approximate surface area is 166 Å². The molecule has 0 radical (unpaired) electrons. The standard InChI is InChI=1S/C24H28N2O2/c1-17-14-22(17)23(27)25-21-9-5-8-20(16-21)24(28)26-12-10-19(11-13-26)15-18-6-3-2-4-7-18/h2-9,16-17,19,22H,10-15H2,1H3,(H,25,27). The third-order valence-corrected chi connectivity index (χ3v) is 6.09. The predicted molar refractivity (Wildman–Crippen MR) is 111 cm³/mol. The minimum absolute atomic E-state index is 0.0639. The zero-order chi connectivity index (χ0) is 19.5. The lowest BCUT2D eigenvalue weighted by Gasteiger charge is -2.32. The van der Waals surface area contributed by atoms with Gasteiger partial charge in [0.2, 0.25) is 5.91 Å². The van der Waals surface area contributed by atoms with Crippen LogP contribution in [0.5, 0.6) is 0 Å². The van der Waals surface area contributed by atoms with Crippen LogP contribution < -0.4 is 5.32 Å². The number of nitrogens with one attached hydrogen (secondary N) is 1. The molecule has 0 spiro atoms. The second kappa shape index (κ2) is 8.17. The molecule has 2 amide bonds. The summed E-state index contributed by atoms with van der Waals surface area (Å²) in [6.45, 7) is 3.69. The molecule has 2 aromatic carbocycles. The first kappa shape index (κ1) is 18.7. The van der Waals surface area contributed by atoms with Crippen LogP contribution in [0.4, 0.5) is 5.69 Å². The third-order valence-electron chi connectivity index (χ3n) is 6.09. The molecule has 2 unspecified atom stereocenters. The fourth-order valence-corrected chi connectivity index (χ4v) is 4.12. The number of anilines is 1. The van der Waals surface area contributed by atoms with Gasteiger partial charge in [-0.15, -0.1) is 0 Å². The molecular weight excluding hydrogens is 348 g/mol. The summed E-state index contributed by atoms with van der Waals surface area (Å²) in [4.78, 5) is 27.0. The highest BCUT2D eigenvalue weighted by Crippen LogP contribution is 2.38. The second-order valence-electron chi connectivity index (χ2n) is 8.31. The highest BCUT2D eigenvalue weighted by molar-refractivity contribution is 5.98. The molecule has 0 bridgehead atoms. The fourth-order valence-electron chi connectivity index (χ4n) is 4.12. The maximum absolute atomic E-state index is 12.9. The normalized spacial score (nSPS) is 22.0. The molecule has 2 atom stereocenters. The van der Waals surface area contributed by atoms with Gasteiger partial charge in [0, 0.05) is 30.3 Å². The minimum atomic E-state index is 0.0639. The number of rotatable bonds is 5. The van der Waals surface area contributed by atoms with Gasteiger partial charge >= 0.3 is 0 Å². The molecule has 2 aromatic rings. The van der Waals surface area contributed by atoms with Gasteiger partial charge in [-0.3, -0.25) is 9.59 Å². The van der Waals surface area contributed by atoms with E-state index in [0.717, 1.165) is 38.8 Å². The summed E-state index contributed by atoms with van der Waals surface area (Å²) in [6, 6.07) is 17.9. The average molecular weight is 377 g/mol. The Balaban J connectivity index is 1.32. The van der Waals surface area contributed by atoms with Crippen LogP contribution in [0, 0.1) is 17.8 Å². The van der Waals surface area contributed by atoms with Gasteiger partial charge in [0.25, 0.3) is 5.91 Å². The quantitative estimate of drug-likeness (QED) is 0.842. The molecule has 28 heavy (non-hydrogen) atoms. The van der Waals surface area contributed by atoms with E-state index in [1.54, 1.807) is 0 Å². The van der Waals surface area contributed by atoms with Gasteiger partial charge in [-0.05, 0) is 61.3 Å². The van der Waals surface area contributed by atoms with E-state index < -0.39 is 0 Å². The number of nitrogens with zero attached hydrogens (tertiary/aromatic N) is 1. The van der Waals surface area contributed by atoms with E-state index in [1.807, 2.05) is 35.2 Å². The Morgan fingerprint density at radius 3 is 2.43 bits per heavy atom. The number of hydrogen-bond acceptors (Lipinski definition) is 2. The summed E-state index contributed by atoms with van der Waals surface area (Å²) in [5.41, 5.74) is 2.75. The topological polar surface area (TPSA) is 49.4 Å². The van der Waals surface area contributed by atoms with Gasteiger partial charge in [-0.1, -0.05) is 43.3 Å². The number of piperidine rings is 1. The highest BCUT2D eigenvalue weighted by atomic mass is 16.2. The van der Waals surface area contributed by atoms with Gasteiger partial charge in [-0.25, -0.2) is 0 Å². The molecule has 1 saturated carbocycles. The predicted octanol–water partition coefficient (Wildman–Crippen LogP) is 4.38. The molecule has 4 nitrogen and oxygen atoms in total. The maximum atomic E-state index is 12.9. The lowest BCUT2D eigenvalue weighted by atomic mass is 9.90. The van der Waals surface area contributed by atoms with Gasteiger partial charge in [-0.2, -0.15) is 0 Å². The zero-order valence-corrected chi connectivity index (χ0v) is 16.4.